The number of carbonyl (C=O) groups is 1. The number of likely N-dealkylation sites (tertiary alicyclic amines) is 1. The fraction of sp³-hybridized carbons (Fsp3) is 0.632. The number of amides is 1. The molecule has 2 fully saturated rings. The van der Waals surface area contributed by atoms with Crippen molar-refractivity contribution < 1.29 is 19.4 Å². The van der Waals surface area contributed by atoms with E-state index in [0.717, 1.165) is 5.56 Å². The molecule has 3 atom stereocenters. The summed E-state index contributed by atoms with van der Waals surface area (Å²) in [6, 6.07) is 5.54. The molecular weight excluding hydrogens is 377 g/mol. The number of carbonyl (C=O) groups excluding carboxylic acids is 1. The molecule has 0 radical (unpaired) electrons. The number of halogens is 2. The second-order valence-corrected chi connectivity index (χ2v) is 9.12. The molecule has 7 heteroatoms. The van der Waals surface area contributed by atoms with Gasteiger partial charge in [0.05, 0.1) is 29.3 Å². The van der Waals surface area contributed by atoms with E-state index in [1.54, 1.807) is 18.1 Å². The average Bonchev–Trinajstić information content (AvgIpc) is 3.25. The van der Waals surface area contributed by atoms with Gasteiger partial charge in [-0.05, 0) is 44.9 Å². The summed E-state index contributed by atoms with van der Waals surface area (Å²) in [5.74, 6) is 0. The number of ether oxygens (including phenoxy) is 2. The van der Waals surface area contributed by atoms with Crippen LogP contribution in [0.15, 0.2) is 18.2 Å². The van der Waals surface area contributed by atoms with Crippen molar-refractivity contribution in [2.24, 2.45) is 5.41 Å². The van der Waals surface area contributed by atoms with Crippen LogP contribution in [0, 0.1) is 5.41 Å². The van der Waals surface area contributed by atoms with Gasteiger partial charge >= 0.3 is 6.09 Å². The van der Waals surface area contributed by atoms with Crippen LogP contribution in [0.2, 0.25) is 10.0 Å². The summed E-state index contributed by atoms with van der Waals surface area (Å²) in [7, 11) is 1.63. The van der Waals surface area contributed by atoms with Gasteiger partial charge in [0.2, 0.25) is 0 Å². The van der Waals surface area contributed by atoms with E-state index in [2.05, 4.69) is 0 Å². The van der Waals surface area contributed by atoms with Crippen molar-refractivity contribution in [1.29, 1.82) is 0 Å². The van der Waals surface area contributed by atoms with Gasteiger partial charge in [0.1, 0.15) is 5.60 Å². The minimum atomic E-state index is -0.576. The number of aliphatic hydroxyl groups excluding tert-OH is 1. The third-order valence-corrected chi connectivity index (χ3v) is 6.28. The van der Waals surface area contributed by atoms with Crippen LogP contribution in [0.4, 0.5) is 4.79 Å². The predicted octanol–water partition coefficient (Wildman–Crippen LogP) is 3.88. The maximum absolute atomic E-state index is 12.6. The van der Waals surface area contributed by atoms with Crippen molar-refractivity contribution in [2.45, 2.75) is 44.3 Å². The van der Waals surface area contributed by atoms with Gasteiger partial charge < -0.3 is 19.5 Å². The van der Waals surface area contributed by atoms with Crippen molar-refractivity contribution in [1.82, 2.24) is 4.90 Å². The monoisotopic (exact) mass is 401 g/mol. The van der Waals surface area contributed by atoms with E-state index in [9.17, 15) is 9.90 Å². The Morgan fingerprint density at radius 1 is 1.35 bits per heavy atom. The molecule has 2 aliphatic rings. The minimum absolute atomic E-state index is 0.0492. The lowest BCUT2D eigenvalue weighted by Gasteiger charge is -2.42. The highest BCUT2D eigenvalue weighted by Gasteiger charge is 2.74. The largest absolute Gasteiger partial charge is 0.444 e. The molecule has 1 aromatic rings. The first-order chi connectivity index (χ1) is 12.1. The molecule has 0 aromatic heterocycles. The van der Waals surface area contributed by atoms with E-state index in [-0.39, 0.29) is 24.2 Å². The van der Waals surface area contributed by atoms with Crippen molar-refractivity contribution in [3.8, 4) is 0 Å². The number of hydrogen-bond donors (Lipinski definition) is 1. The quantitative estimate of drug-likeness (QED) is 0.834. The highest BCUT2D eigenvalue weighted by molar-refractivity contribution is 6.42. The fourth-order valence-corrected chi connectivity index (χ4v) is 4.58. The number of hydrogen-bond acceptors (Lipinski definition) is 4. The minimum Gasteiger partial charge on any atom is -0.444 e. The van der Waals surface area contributed by atoms with Gasteiger partial charge in [0.15, 0.2) is 0 Å². The molecular formula is C19H25Cl2NO4. The molecule has 1 saturated carbocycles. The molecule has 3 unspecified atom stereocenters. The SMILES string of the molecule is COC1CN(C(=O)OC(C)(C)C)CC2(CO)CC12c1ccc(Cl)c(Cl)c1. The van der Waals surface area contributed by atoms with Crippen LogP contribution < -0.4 is 0 Å². The zero-order valence-corrected chi connectivity index (χ0v) is 17.0. The third-order valence-electron chi connectivity index (χ3n) is 5.54. The van der Waals surface area contributed by atoms with Crippen molar-refractivity contribution >= 4 is 29.3 Å². The lowest BCUT2D eigenvalue weighted by Crippen LogP contribution is -2.55. The molecule has 1 N–H and O–H groups in total. The van der Waals surface area contributed by atoms with Crippen molar-refractivity contribution in [2.75, 3.05) is 26.8 Å². The lowest BCUT2D eigenvalue weighted by molar-refractivity contribution is -0.0393. The van der Waals surface area contributed by atoms with Crippen molar-refractivity contribution in [3.05, 3.63) is 33.8 Å². The van der Waals surface area contributed by atoms with E-state index >= 15 is 0 Å². The van der Waals surface area contributed by atoms with E-state index in [1.807, 2.05) is 32.9 Å². The molecule has 5 nitrogen and oxygen atoms in total. The molecule has 1 saturated heterocycles. The number of piperidine rings is 1. The fourth-order valence-electron chi connectivity index (χ4n) is 4.28. The third kappa shape index (κ3) is 3.09. The van der Waals surface area contributed by atoms with E-state index in [4.69, 9.17) is 32.7 Å². The summed E-state index contributed by atoms with van der Waals surface area (Å²) in [5, 5.41) is 11.2. The Balaban J connectivity index is 1.93. The van der Waals surface area contributed by atoms with Gasteiger partial charge in [-0.2, -0.15) is 0 Å². The molecule has 144 valence electrons. The molecule has 1 heterocycles. The Labute approximate surface area is 164 Å². The summed E-state index contributed by atoms with van der Waals surface area (Å²) in [5.41, 5.74) is -0.450. The van der Waals surface area contributed by atoms with E-state index in [0.29, 0.717) is 29.6 Å². The zero-order chi connectivity index (χ0) is 19.3. The second-order valence-electron chi connectivity index (χ2n) is 8.30. The van der Waals surface area contributed by atoms with Gasteiger partial charge in [-0.3, -0.25) is 0 Å². The number of fused-ring (bicyclic) bond motifs is 1. The second kappa shape index (κ2) is 6.55. The maximum atomic E-state index is 12.6. The number of nitrogens with zero attached hydrogens (tertiary/aromatic N) is 1. The summed E-state index contributed by atoms with van der Waals surface area (Å²) in [4.78, 5) is 14.2. The number of benzene rings is 1. The standard InChI is InChI=1S/C19H25Cl2NO4/c1-17(2,3)26-16(24)22-8-15(25-4)19(9-18(19,10-22)11-23)12-5-6-13(20)14(21)7-12/h5-7,15,23H,8-11H2,1-4H3. The summed E-state index contributed by atoms with van der Waals surface area (Å²) >= 11 is 12.3. The molecule has 0 bridgehead atoms. The number of rotatable bonds is 3. The molecule has 26 heavy (non-hydrogen) atoms. The first-order valence-electron chi connectivity index (χ1n) is 8.66. The Morgan fingerprint density at radius 3 is 2.58 bits per heavy atom. The van der Waals surface area contributed by atoms with Crippen LogP contribution in [0.25, 0.3) is 0 Å². The van der Waals surface area contributed by atoms with Gasteiger partial charge in [-0.25, -0.2) is 4.79 Å². The topological polar surface area (TPSA) is 59.0 Å². The normalized spacial score (nSPS) is 30.7. The Hall–Kier alpha value is -1.01. The van der Waals surface area contributed by atoms with Gasteiger partial charge in [-0.1, -0.05) is 29.3 Å². The van der Waals surface area contributed by atoms with Gasteiger partial charge in [0.25, 0.3) is 0 Å². The van der Waals surface area contributed by atoms with Crippen LogP contribution in [-0.2, 0) is 14.9 Å². The van der Waals surface area contributed by atoms with Crippen LogP contribution in [-0.4, -0.2) is 54.6 Å². The summed E-state index contributed by atoms with van der Waals surface area (Å²) in [6.07, 6.45) is 0.0573. The van der Waals surface area contributed by atoms with Gasteiger partial charge in [-0.15, -0.1) is 0 Å². The Kier molecular flexibility index (Phi) is 4.98. The van der Waals surface area contributed by atoms with E-state index < -0.39 is 11.0 Å². The van der Waals surface area contributed by atoms with Crippen molar-refractivity contribution in [3.63, 3.8) is 0 Å². The van der Waals surface area contributed by atoms with E-state index in [1.165, 1.54) is 0 Å². The molecule has 0 spiro atoms. The van der Waals surface area contributed by atoms with Crippen LogP contribution in [0.3, 0.4) is 0 Å². The average molecular weight is 402 g/mol. The molecule has 3 rings (SSSR count). The van der Waals surface area contributed by atoms with Gasteiger partial charge in [0, 0.05) is 24.5 Å². The maximum Gasteiger partial charge on any atom is 0.410 e. The Morgan fingerprint density at radius 2 is 2.04 bits per heavy atom. The molecule has 1 amide bonds. The number of aliphatic hydroxyl groups is 1. The highest BCUT2D eigenvalue weighted by Crippen LogP contribution is 2.69. The summed E-state index contributed by atoms with van der Waals surface area (Å²) < 4.78 is 11.3. The van der Waals surface area contributed by atoms with Crippen LogP contribution in [0.5, 0.6) is 0 Å². The molecule has 1 aliphatic carbocycles. The molecule has 1 aliphatic heterocycles. The highest BCUT2D eigenvalue weighted by atomic mass is 35.5. The first kappa shape index (κ1) is 19.7. The zero-order valence-electron chi connectivity index (χ0n) is 15.5. The molecule has 1 aromatic carbocycles. The van der Waals surface area contributed by atoms with Crippen LogP contribution in [0.1, 0.15) is 32.8 Å². The smallest absolute Gasteiger partial charge is 0.410 e. The first-order valence-corrected chi connectivity index (χ1v) is 9.41. The Bertz CT molecular complexity index is 720. The summed E-state index contributed by atoms with van der Waals surface area (Å²) in [6.45, 7) is 6.27. The lowest BCUT2D eigenvalue weighted by atomic mass is 9.78. The number of methoxy groups -OCH3 is 1. The van der Waals surface area contributed by atoms with Crippen LogP contribution >= 0.6 is 23.2 Å². The predicted molar refractivity (Wildman–Crippen MR) is 101 cm³/mol.